The molecule has 1 saturated heterocycles. The SMILES string of the molecule is CC.CN1CCC(N2Cc3cc(O)ccc3-c3ccc(O)cc3S2=O)CC1. The third kappa shape index (κ3) is 4.03. The van der Waals surface area contributed by atoms with Crippen molar-refractivity contribution in [2.24, 2.45) is 0 Å². The van der Waals surface area contributed by atoms with Crippen LogP contribution in [-0.4, -0.2) is 49.8 Å². The van der Waals surface area contributed by atoms with Crippen molar-refractivity contribution >= 4 is 11.0 Å². The van der Waals surface area contributed by atoms with Gasteiger partial charge in [0.15, 0.2) is 0 Å². The fourth-order valence-electron chi connectivity index (χ4n) is 3.75. The Morgan fingerprint density at radius 1 is 0.963 bits per heavy atom. The van der Waals surface area contributed by atoms with Crippen LogP contribution in [0.15, 0.2) is 41.3 Å². The summed E-state index contributed by atoms with van der Waals surface area (Å²) in [7, 11) is 0.758. The van der Waals surface area contributed by atoms with Crippen molar-refractivity contribution in [1.82, 2.24) is 9.21 Å². The molecule has 1 unspecified atom stereocenters. The molecule has 5 nitrogen and oxygen atoms in total. The average molecular weight is 389 g/mol. The summed E-state index contributed by atoms with van der Waals surface area (Å²) < 4.78 is 15.4. The van der Waals surface area contributed by atoms with Gasteiger partial charge in [-0.3, -0.25) is 0 Å². The predicted octanol–water partition coefficient (Wildman–Crippen LogP) is 3.72. The summed E-state index contributed by atoms with van der Waals surface area (Å²) in [6.45, 7) is 6.50. The molecule has 2 aliphatic rings. The summed E-state index contributed by atoms with van der Waals surface area (Å²) in [5.74, 6) is 0.341. The lowest BCUT2D eigenvalue weighted by Gasteiger charge is -2.35. The van der Waals surface area contributed by atoms with Crippen LogP contribution in [0.25, 0.3) is 11.1 Å². The molecule has 0 aliphatic carbocycles. The standard InChI is InChI=1S/C19H22N2O3S.C2H6/c1-20-8-6-14(7-9-20)21-12-13-10-15(22)2-4-17(13)18-5-3-16(23)11-19(18)25(21)24;1-2/h2-5,10-11,14,22-23H,6-9,12H2,1H3;1-2H3. The van der Waals surface area contributed by atoms with E-state index >= 15 is 0 Å². The minimum absolute atomic E-state index is 0.123. The molecule has 4 rings (SSSR count). The molecule has 2 aliphatic heterocycles. The number of rotatable bonds is 1. The molecule has 6 heteroatoms. The van der Waals surface area contributed by atoms with Gasteiger partial charge in [-0.25, -0.2) is 8.51 Å². The number of fused-ring (bicyclic) bond motifs is 3. The Balaban J connectivity index is 0.00000102. The minimum Gasteiger partial charge on any atom is -0.508 e. The molecule has 0 bridgehead atoms. The monoisotopic (exact) mass is 388 g/mol. The quantitative estimate of drug-likeness (QED) is 0.781. The van der Waals surface area contributed by atoms with E-state index in [1.54, 1.807) is 24.3 Å². The smallest absolute Gasteiger partial charge is 0.128 e. The first-order valence-corrected chi connectivity index (χ1v) is 10.7. The van der Waals surface area contributed by atoms with Gasteiger partial charge in [0.05, 0.1) is 4.90 Å². The Labute approximate surface area is 163 Å². The zero-order valence-electron chi connectivity index (χ0n) is 16.2. The number of phenolic OH excluding ortho intramolecular Hbond substituents is 2. The van der Waals surface area contributed by atoms with Crippen LogP contribution in [0, 0.1) is 0 Å². The molecule has 2 N–H and O–H groups in total. The lowest BCUT2D eigenvalue weighted by atomic mass is 9.98. The van der Waals surface area contributed by atoms with Crippen LogP contribution in [-0.2, 0) is 17.5 Å². The third-order valence-electron chi connectivity index (χ3n) is 5.17. The van der Waals surface area contributed by atoms with Crippen molar-refractivity contribution < 1.29 is 14.4 Å². The molecule has 0 radical (unpaired) electrons. The number of likely N-dealkylation sites (tertiary alicyclic amines) is 1. The molecule has 2 aromatic rings. The van der Waals surface area contributed by atoms with Gasteiger partial charge in [-0.1, -0.05) is 19.9 Å². The highest BCUT2D eigenvalue weighted by molar-refractivity contribution is 7.82. The molecule has 1 fully saturated rings. The van der Waals surface area contributed by atoms with Crippen LogP contribution < -0.4 is 0 Å². The van der Waals surface area contributed by atoms with E-state index < -0.39 is 11.0 Å². The largest absolute Gasteiger partial charge is 0.508 e. The number of piperidine rings is 1. The second-order valence-corrected chi connectivity index (χ2v) is 8.29. The van der Waals surface area contributed by atoms with Crippen molar-refractivity contribution in [2.75, 3.05) is 20.1 Å². The number of hydrogen-bond acceptors (Lipinski definition) is 4. The molecule has 146 valence electrons. The van der Waals surface area contributed by atoms with Gasteiger partial charge in [0.1, 0.15) is 22.5 Å². The van der Waals surface area contributed by atoms with Crippen LogP contribution in [0.5, 0.6) is 11.5 Å². The van der Waals surface area contributed by atoms with Crippen molar-refractivity contribution in [1.29, 1.82) is 0 Å². The Morgan fingerprint density at radius 2 is 1.56 bits per heavy atom. The Kier molecular flexibility index (Phi) is 6.19. The number of hydrogen-bond donors (Lipinski definition) is 2. The Hall–Kier alpha value is -1.89. The van der Waals surface area contributed by atoms with Gasteiger partial charge in [-0.2, -0.15) is 0 Å². The lowest BCUT2D eigenvalue weighted by Crippen LogP contribution is -2.43. The molecule has 0 spiro atoms. The molecule has 2 heterocycles. The summed E-state index contributed by atoms with van der Waals surface area (Å²) in [5, 5.41) is 19.8. The summed E-state index contributed by atoms with van der Waals surface area (Å²) in [5.41, 5.74) is 2.80. The fourth-order valence-corrected chi connectivity index (χ4v) is 5.33. The molecule has 0 aromatic heterocycles. The molecule has 2 aromatic carbocycles. The molecule has 0 saturated carbocycles. The first kappa shape index (κ1) is 19.9. The van der Waals surface area contributed by atoms with Crippen LogP contribution in [0.1, 0.15) is 32.3 Å². The van der Waals surface area contributed by atoms with E-state index in [0.29, 0.717) is 11.4 Å². The average Bonchev–Trinajstić information content (AvgIpc) is 2.79. The highest BCUT2D eigenvalue weighted by Crippen LogP contribution is 2.39. The van der Waals surface area contributed by atoms with E-state index in [2.05, 4.69) is 11.9 Å². The van der Waals surface area contributed by atoms with Crippen LogP contribution >= 0.6 is 0 Å². The number of phenols is 2. The van der Waals surface area contributed by atoms with Gasteiger partial charge < -0.3 is 15.1 Å². The van der Waals surface area contributed by atoms with Gasteiger partial charge in [0.25, 0.3) is 0 Å². The van der Waals surface area contributed by atoms with E-state index in [0.717, 1.165) is 42.6 Å². The van der Waals surface area contributed by atoms with Crippen LogP contribution in [0.3, 0.4) is 0 Å². The van der Waals surface area contributed by atoms with Crippen molar-refractivity contribution in [3.63, 3.8) is 0 Å². The lowest BCUT2D eigenvalue weighted by molar-refractivity contribution is 0.184. The van der Waals surface area contributed by atoms with Gasteiger partial charge in [0, 0.05) is 12.6 Å². The maximum atomic E-state index is 13.4. The summed E-state index contributed by atoms with van der Waals surface area (Å²) in [4.78, 5) is 2.93. The first-order chi connectivity index (χ1) is 13.0. The zero-order chi connectivity index (χ0) is 19.6. The number of nitrogens with zero attached hydrogens (tertiary/aromatic N) is 2. The van der Waals surface area contributed by atoms with Gasteiger partial charge in [0.2, 0.25) is 0 Å². The second-order valence-electron chi connectivity index (χ2n) is 6.88. The van der Waals surface area contributed by atoms with E-state index in [1.165, 1.54) is 0 Å². The predicted molar refractivity (Wildman–Crippen MR) is 109 cm³/mol. The summed E-state index contributed by atoms with van der Waals surface area (Å²) in [6.07, 6.45) is 1.93. The zero-order valence-corrected chi connectivity index (χ0v) is 17.0. The minimum atomic E-state index is -1.35. The normalized spacial score (nSPS) is 20.8. The maximum Gasteiger partial charge on any atom is 0.128 e. The molecule has 1 atom stereocenters. The fraction of sp³-hybridized carbons (Fsp3) is 0.429. The highest BCUT2D eigenvalue weighted by atomic mass is 32.2. The van der Waals surface area contributed by atoms with E-state index in [1.807, 2.05) is 30.3 Å². The van der Waals surface area contributed by atoms with E-state index in [-0.39, 0.29) is 17.5 Å². The molecular weight excluding hydrogens is 360 g/mol. The first-order valence-electron chi connectivity index (χ1n) is 9.55. The highest BCUT2D eigenvalue weighted by Gasteiger charge is 2.32. The van der Waals surface area contributed by atoms with Crippen molar-refractivity contribution in [3.05, 3.63) is 42.0 Å². The maximum absolute atomic E-state index is 13.4. The summed E-state index contributed by atoms with van der Waals surface area (Å²) >= 11 is 0. The van der Waals surface area contributed by atoms with Crippen LogP contribution in [0.4, 0.5) is 0 Å². The van der Waals surface area contributed by atoms with Gasteiger partial charge >= 0.3 is 0 Å². The van der Waals surface area contributed by atoms with Crippen LogP contribution in [0.2, 0.25) is 0 Å². The van der Waals surface area contributed by atoms with Crippen molar-refractivity contribution in [3.8, 4) is 22.6 Å². The Bertz CT molecular complexity index is 832. The molecule has 0 amide bonds. The Morgan fingerprint density at radius 3 is 2.22 bits per heavy atom. The number of benzene rings is 2. The van der Waals surface area contributed by atoms with E-state index in [4.69, 9.17) is 0 Å². The molecular formula is C21H28N2O3S. The van der Waals surface area contributed by atoms with E-state index in [9.17, 15) is 14.4 Å². The van der Waals surface area contributed by atoms with Gasteiger partial charge in [-0.05, 0) is 80.0 Å². The molecule has 27 heavy (non-hydrogen) atoms. The third-order valence-corrected chi connectivity index (χ3v) is 6.73. The van der Waals surface area contributed by atoms with Crippen molar-refractivity contribution in [2.45, 2.75) is 44.2 Å². The van der Waals surface area contributed by atoms with Gasteiger partial charge in [-0.15, -0.1) is 0 Å². The number of aromatic hydroxyl groups is 2. The second kappa shape index (κ2) is 8.42. The topological polar surface area (TPSA) is 64.0 Å². The summed E-state index contributed by atoms with van der Waals surface area (Å²) in [6, 6.07) is 10.6.